The van der Waals surface area contributed by atoms with Gasteiger partial charge in [-0.05, 0) is 45.6 Å². The summed E-state index contributed by atoms with van der Waals surface area (Å²) in [4.78, 5) is 5.59. The minimum absolute atomic E-state index is 0.251. The van der Waals surface area contributed by atoms with Crippen molar-refractivity contribution in [3.05, 3.63) is 16.6 Å². The molecule has 2 nitrogen and oxygen atoms in total. The van der Waals surface area contributed by atoms with Gasteiger partial charge in [-0.25, -0.2) is 0 Å². The van der Waals surface area contributed by atoms with E-state index in [1.165, 1.54) is 11.3 Å². The molecule has 1 N–H and O–H groups in total. The Morgan fingerprint density at radius 3 is 2.93 bits per heavy atom. The Morgan fingerprint density at radius 1 is 1.57 bits per heavy atom. The highest BCUT2D eigenvalue weighted by atomic mass is 32.1. The van der Waals surface area contributed by atoms with Crippen LogP contribution in [-0.4, -0.2) is 17.1 Å². The smallest absolute Gasteiger partial charge is 0.0794 e. The Morgan fingerprint density at radius 2 is 2.36 bits per heavy atom. The number of hydrogen-bond donors (Lipinski definition) is 1. The van der Waals surface area contributed by atoms with E-state index >= 15 is 0 Å². The first kappa shape index (κ1) is 10.1. The number of thiazole rings is 1. The quantitative estimate of drug-likeness (QED) is 0.829. The van der Waals surface area contributed by atoms with Crippen LogP contribution in [0.2, 0.25) is 0 Å². The van der Waals surface area contributed by atoms with Crippen LogP contribution in [-0.2, 0) is 0 Å². The molecule has 1 aliphatic rings. The lowest BCUT2D eigenvalue weighted by molar-refractivity contribution is 0.414. The van der Waals surface area contributed by atoms with E-state index in [0.29, 0.717) is 0 Å². The summed E-state index contributed by atoms with van der Waals surface area (Å²) in [5.74, 6) is 1.63. The summed E-state index contributed by atoms with van der Waals surface area (Å²) >= 11 is 1.79. The van der Waals surface area contributed by atoms with Crippen LogP contribution in [0.25, 0.3) is 0 Å². The fourth-order valence-electron chi connectivity index (χ4n) is 1.67. The van der Waals surface area contributed by atoms with Gasteiger partial charge in [0.05, 0.1) is 5.51 Å². The topological polar surface area (TPSA) is 24.9 Å². The first-order chi connectivity index (χ1) is 6.56. The molecule has 0 radical (unpaired) electrons. The summed E-state index contributed by atoms with van der Waals surface area (Å²) in [6, 6.07) is 0. The Kier molecular flexibility index (Phi) is 2.62. The van der Waals surface area contributed by atoms with Gasteiger partial charge in [-0.2, -0.15) is 0 Å². The fraction of sp³-hybridized carbons (Fsp3) is 0.727. The van der Waals surface area contributed by atoms with Gasteiger partial charge in [0.2, 0.25) is 0 Å². The molecule has 1 aromatic rings. The van der Waals surface area contributed by atoms with Gasteiger partial charge in [-0.15, -0.1) is 11.3 Å². The van der Waals surface area contributed by atoms with E-state index in [1.54, 1.807) is 11.3 Å². The number of nitrogens with one attached hydrogen (secondary N) is 1. The van der Waals surface area contributed by atoms with Crippen molar-refractivity contribution in [1.29, 1.82) is 0 Å². The summed E-state index contributed by atoms with van der Waals surface area (Å²) in [7, 11) is 0. The van der Waals surface area contributed by atoms with Gasteiger partial charge in [-0.3, -0.25) is 4.98 Å². The van der Waals surface area contributed by atoms with Gasteiger partial charge >= 0.3 is 0 Å². The summed E-state index contributed by atoms with van der Waals surface area (Å²) in [6.45, 7) is 7.80. The lowest BCUT2D eigenvalue weighted by Gasteiger charge is -2.20. The molecule has 0 amide bonds. The van der Waals surface area contributed by atoms with Crippen LogP contribution in [0.5, 0.6) is 0 Å². The first-order valence-corrected chi connectivity index (χ1v) is 6.07. The van der Waals surface area contributed by atoms with Gasteiger partial charge in [-0.1, -0.05) is 0 Å². The van der Waals surface area contributed by atoms with Crippen molar-refractivity contribution in [3.8, 4) is 0 Å². The standard InChI is InChI=1S/C11H18N2S/c1-11(2,3)13-5-8-4-9(8)10-6-12-7-14-10/h6-9,13H,4-5H2,1-3H3. The molecule has 2 rings (SSSR count). The Hall–Kier alpha value is -0.410. The average molecular weight is 210 g/mol. The first-order valence-electron chi connectivity index (χ1n) is 5.20. The van der Waals surface area contributed by atoms with Crippen molar-refractivity contribution in [1.82, 2.24) is 10.3 Å². The van der Waals surface area contributed by atoms with Gasteiger partial charge in [0.1, 0.15) is 0 Å². The van der Waals surface area contributed by atoms with Crippen molar-refractivity contribution in [2.45, 2.75) is 38.6 Å². The molecule has 3 heteroatoms. The van der Waals surface area contributed by atoms with Crippen molar-refractivity contribution in [3.63, 3.8) is 0 Å². The minimum atomic E-state index is 0.251. The van der Waals surface area contributed by atoms with E-state index in [4.69, 9.17) is 0 Å². The van der Waals surface area contributed by atoms with Gasteiger partial charge in [0.25, 0.3) is 0 Å². The maximum atomic E-state index is 4.12. The third-order valence-electron chi connectivity index (χ3n) is 2.63. The lowest BCUT2D eigenvalue weighted by Crippen LogP contribution is -2.37. The Balaban J connectivity index is 1.78. The van der Waals surface area contributed by atoms with Crippen LogP contribution < -0.4 is 5.32 Å². The number of rotatable bonds is 3. The highest BCUT2D eigenvalue weighted by Crippen LogP contribution is 2.48. The van der Waals surface area contributed by atoms with Crippen LogP contribution >= 0.6 is 11.3 Å². The van der Waals surface area contributed by atoms with E-state index < -0.39 is 0 Å². The monoisotopic (exact) mass is 210 g/mol. The second kappa shape index (κ2) is 3.63. The van der Waals surface area contributed by atoms with Gasteiger partial charge in [0, 0.05) is 16.6 Å². The molecule has 0 bridgehead atoms. The van der Waals surface area contributed by atoms with E-state index in [2.05, 4.69) is 31.1 Å². The Labute approximate surface area is 89.8 Å². The van der Waals surface area contributed by atoms with E-state index in [1.807, 2.05) is 11.7 Å². The van der Waals surface area contributed by atoms with Crippen molar-refractivity contribution in [2.75, 3.05) is 6.54 Å². The third-order valence-corrected chi connectivity index (χ3v) is 3.54. The number of hydrogen-bond acceptors (Lipinski definition) is 3. The fourth-order valence-corrected chi connectivity index (χ4v) is 2.50. The molecular weight excluding hydrogens is 192 g/mol. The summed E-state index contributed by atoms with van der Waals surface area (Å²) in [5.41, 5.74) is 2.18. The predicted octanol–water partition coefficient (Wildman–Crippen LogP) is 2.63. The van der Waals surface area contributed by atoms with E-state index in [9.17, 15) is 0 Å². The second-order valence-electron chi connectivity index (χ2n) is 5.14. The highest BCUT2D eigenvalue weighted by Gasteiger charge is 2.39. The molecule has 0 aliphatic heterocycles. The predicted molar refractivity (Wildman–Crippen MR) is 60.7 cm³/mol. The van der Waals surface area contributed by atoms with Gasteiger partial charge in [0.15, 0.2) is 0 Å². The van der Waals surface area contributed by atoms with Crippen LogP contribution in [0.15, 0.2) is 11.7 Å². The highest BCUT2D eigenvalue weighted by molar-refractivity contribution is 7.09. The molecule has 1 aliphatic carbocycles. The van der Waals surface area contributed by atoms with E-state index in [-0.39, 0.29) is 5.54 Å². The molecule has 0 saturated heterocycles. The zero-order chi connectivity index (χ0) is 10.2. The molecular formula is C11H18N2S. The molecule has 2 unspecified atom stereocenters. The van der Waals surface area contributed by atoms with Gasteiger partial charge < -0.3 is 5.32 Å². The SMILES string of the molecule is CC(C)(C)NCC1CC1c1cncs1. The summed E-state index contributed by atoms with van der Waals surface area (Å²) in [6.07, 6.45) is 3.36. The van der Waals surface area contributed by atoms with E-state index in [0.717, 1.165) is 18.4 Å². The Bertz CT molecular complexity index is 287. The average Bonchev–Trinajstić information content (AvgIpc) is 2.65. The molecule has 0 spiro atoms. The molecule has 1 heterocycles. The van der Waals surface area contributed by atoms with Crippen LogP contribution in [0.4, 0.5) is 0 Å². The molecule has 14 heavy (non-hydrogen) atoms. The zero-order valence-corrected chi connectivity index (χ0v) is 9.90. The third kappa shape index (κ3) is 2.55. The normalized spacial score (nSPS) is 26.5. The molecule has 1 aromatic heterocycles. The number of nitrogens with zero attached hydrogens (tertiary/aromatic N) is 1. The van der Waals surface area contributed by atoms with Crippen molar-refractivity contribution >= 4 is 11.3 Å². The van der Waals surface area contributed by atoms with Crippen molar-refractivity contribution in [2.24, 2.45) is 5.92 Å². The van der Waals surface area contributed by atoms with Crippen LogP contribution in [0, 0.1) is 5.92 Å². The molecule has 2 atom stereocenters. The van der Waals surface area contributed by atoms with Crippen LogP contribution in [0.3, 0.4) is 0 Å². The minimum Gasteiger partial charge on any atom is -0.312 e. The maximum absolute atomic E-state index is 4.12. The second-order valence-corrected chi connectivity index (χ2v) is 6.05. The van der Waals surface area contributed by atoms with Crippen LogP contribution in [0.1, 0.15) is 38.0 Å². The van der Waals surface area contributed by atoms with Crippen molar-refractivity contribution < 1.29 is 0 Å². The molecule has 1 saturated carbocycles. The summed E-state index contributed by atoms with van der Waals surface area (Å²) < 4.78 is 0. The molecule has 1 fully saturated rings. The summed E-state index contributed by atoms with van der Waals surface area (Å²) in [5, 5.41) is 3.56. The largest absolute Gasteiger partial charge is 0.312 e. The number of aromatic nitrogens is 1. The zero-order valence-electron chi connectivity index (χ0n) is 9.08. The molecule has 0 aromatic carbocycles. The molecule has 78 valence electrons. The lowest BCUT2D eigenvalue weighted by atomic mass is 10.1. The maximum Gasteiger partial charge on any atom is 0.0794 e.